The van der Waals surface area contributed by atoms with E-state index >= 15 is 0 Å². The third-order valence-corrected chi connectivity index (χ3v) is 4.79. The highest BCUT2D eigenvalue weighted by Gasteiger charge is 2.09. The van der Waals surface area contributed by atoms with Gasteiger partial charge in [0.05, 0.1) is 10.8 Å². The molecule has 0 atom stereocenters. The predicted octanol–water partition coefficient (Wildman–Crippen LogP) is 5.55. The zero-order chi connectivity index (χ0) is 14.5. The Morgan fingerprint density at radius 1 is 1.00 bits per heavy atom. The fourth-order valence-electron chi connectivity index (χ4n) is 1.65. The Balaban J connectivity index is 1.94. The topological polar surface area (TPSA) is 17.1 Å². The number of halogens is 3. The third-order valence-electron chi connectivity index (χ3n) is 2.63. The fourth-order valence-corrected chi connectivity index (χ4v) is 3.22. The average molecular weight is 346 g/mol. The van der Waals surface area contributed by atoms with Crippen LogP contribution in [-0.4, -0.2) is 11.5 Å². The molecule has 0 bridgehead atoms. The molecule has 0 fully saturated rings. The minimum atomic E-state index is 0.0964. The summed E-state index contributed by atoms with van der Waals surface area (Å²) in [5, 5.41) is 1.75. The van der Waals surface area contributed by atoms with Crippen molar-refractivity contribution < 1.29 is 4.79 Å². The Morgan fingerprint density at radius 3 is 2.45 bits per heavy atom. The Kier molecular flexibility index (Phi) is 5.79. The van der Waals surface area contributed by atoms with E-state index in [2.05, 4.69) is 0 Å². The molecule has 0 saturated carbocycles. The minimum absolute atomic E-state index is 0.0964. The van der Waals surface area contributed by atoms with Crippen LogP contribution < -0.4 is 0 Å². The first-order valence-corrected chi connectivity index (χ1v) is 8.01. The van der Waals surface area contributed by atoms with Crippen LogP contribution >= 0.6 is 46.6 Å². The van der Waals surface area contributed by atoms with Gasteiger partial charge in [-0.2, -0.15) is 0 Å². The summed E-state index contributed by atoms with van der Waals surface area (Å²) in [6.45, 7) is 0. The first-order valence-electron chi connectivity index (χ1n) is 5.89. The zero-order valence-corrected chi connectivity index (χ0v) is 13.5. The molecule has 1 nitrogen and oxygen atoms in total. The largest absolute Gasteiger partial charge is 0.298 e. The van der Waals surface area contributed by atoms with Gasteiger partial charge in [0, 0.05) is 21.4 Å². The summed E-state index contributed by atoms with van der Waals surface area (Å²) in [5.41, 5.74) is 0.792. The molecule has 104 valence electrons. The summed E-state index contributed by atoms with van der Waals surface area (Å²) in [6.07, 6.45) is 0.299. The number of carbonyl (C=O) groups is 1. The number of ketones is 1. The van der Waals surface area contributed by atoms with Crippen LogP contribution in [0, 0.1) is 0 Å². The number of hydrogen-bond donors (Lipinski definition) is 0. The van der Waals surface area contributed by atoms with E-state index in [0.717, 1.165) is 10.5 Å². The molecule has 0 radical (unpaired) electrons. The molecular weight excluding hydrogens is 335 g/mol. The van der Waals surface area contributed by atoms with Gasteiger partial charge in [0.2, 0.25) is 0 Å². The summed E-state index contributed by atoms with van der Waals surface area (Å²) < 4.78 is 0. The fraction of sp³-hybridized carbons (Fsp3) is 0.133. The van der Waals surface area contributed by atoms with E-state index in [1.165, 1.54) is 11.8 Å². The summed E-state index contributed by atoms with van der Waals surface area (Å²) >= 11 is 19.4. The molecule has 0 saturated heterocycles. The summed E-state index contributed by atoms with van der Waals surface area (Å²) in [7, 11) is 0. The normalized spacial score (nSPS) is 10.6. The number of carbonyl (C=O) groups excluding carboxylic acids is 1. The van der Waals surface area contributed by atoms with Gasteiger partial charge in [0.15, 0.2) is 0 Å². The van der Waals surface area contributed by atoms with Crippen LogP contribution in [0.15, 0.2) is 47.4 Å². The van der Waals surface area contributed by atoms with Gasteiger partial charge in [0.25, 0.3) is 0 Å². The standard InChI is InChI=1S/C15H11Cl3OS/c16-11-6-5-10(14(18)8-11)7-12(19)9-20-15-4-2-1-3-13(15)17/h1-6,8H,7,9H2. The van der Waals surface area contributed by atoms with E-state index in [4.69, 9.17) is 34.8 Å². The Bertz CT molecular complexity index is 628. The maximum absolute atomic E-state index is 12.0. The van der Waals surface area contributed by atoms with Gasteiger partial charge >= 0.3 is 0 Å². The molecule has 0 unspecified atom stereocenters. The van der Waals surface area contributed by atoms with Crippen molar-refractivity contribution in [3.8, 4) is 0 Å². The minimum Gasteiger partial charge on any atom is -0.298 e. The summed E-state index contributed by atoms with van der Waals surface area (Å²) in [4.78, 5) is 12.9. The van der Waals surface area contributed by atoms with Crippen molar-refractivity contribution in [2.45, 2.75) is 11.3 Å². The second-order valence-corrected chi connectivity index (χ2v) is 6.44. The van der Waals surface area contributed by atoms with Gasteiger partial charge in [-0.3, -0.25) is 4.79 Å². The van der Waals surface area contributed by atoms with E-state index in [9.17, 15) is 4.79 Å². The van der Waals surface area contributed by atoms with Gasteiger partial charge in [-0.05, 0) is 29.8 Å². The molecule has 0 heterocycles. The number of rotatable bonds is 5. The van der Waals surface area contributed by atoms with Crippen molar-refractivity contribution in [2.75, 3.05) is 5.75 Å². The molecule has 0 aliphatic carbocycles. The predicted molar refractivity (Wildman–Crippen MR) is 87.3 cm³/mol. The maximum atomic E-state index is 12.0. The summed E-state index contributed by atoms with van der Waals surface area (Å²) in [5.74, 6) is 0.460. The van der Waals surface area contributed by atoms with Crippen LogP contribution in [0.3, 0.4) is 0 Å². The second kappa shape index (κ2) is 7.37. The first-order chi connectivity index (χ1) is 9.56. The Labute approximate surface area is 137 Å². The van der Waals surface area contributed by atoms with Crippen LogP contribution in [0.2, 0.25) is 15.1 Å². The van der Waals surface area contributed by atoms with E-state index in [1.54, 1.807) is 18.2 Å². The van der Waals surface area contributed by atoms with Gasteiger partial charge in [-0.25, -0.2) is 0 Å². The van der Waals surface area contributed by atoms with Crippen molar-refractivity contribution >= 4 is 52.3 Å². The van der Waals surface area contributed by atoms with Gasteiger partial charge in [-0.15, -0.1) is 11.8 Å². The summed E-state index contributed by atoms with van der Waals surface area (Å²) in [6, 6.07) is 12.6. The van der Waals surface area contributed by atoms with Crippen LogP contribution in [0.1, 0.15) is 5.56 Å². The van der Waals surface area contributed by atoms with E-state index < -0.39 is 0 Å². The molecule has 0 aromatic heterocycles. The molecule has 2 aromatic rings. The lowest BCUT2D eigenvalue weighted by Crippen LogP contribution is -2.06. The molecular formula is C15H11Cl3OS. The molecule has 5 heteroatoms. The molecule has 0 aliphatic rings. The van der Waals surface area contributed by atoms with Crippen molar-refractivity contribution in [1.82, 2.24) is 0 Å². The number of Topliss-reactive ketones (excluding diaryl/α,β-unsaturated/α-hetero) is 1. The molecule has 2 rings (SSSR count). The molecule has 0 spiro atoms. The molecule has 2 aromatic carbocycles. The monoisotopic (exact) mass is 344 g/mol. The lowest BCUT2D eigenvalue weighted by molar-refractivity contribution is -0.116. The Hall–Kier alpha value is -0.670. The molecule has 0 amide bonds. The zero-order valence-electron chi connectivity index (χ0n) is 10.4. The maximum Gasteiger partial charge on any atom is 0.147 e. The number of hydrogen-bond acceptors (Lipinski definition) is 2. The highest BCUT2D eigenvalue weighted by Crippen LogP contribution is 2.27. The number of thioether (sulfide) groups is 1. The molecule has 0 N–H and O–H groups in total. The van der Waals surface area contributed by atoms with Crippen LogP contribution in [0.4, 0.5) is 0 Å². The van der Waals surface area contributed by atoms with Gasteiger partial charge in [0.1, 0.15) is 5.78 Å². The quantitative estimate of drug-likeness (QED) is 0.661. The van der Waals surface area contributed by atoms with Crippen molar-refractivity contribution in [3.63, 3.8) is 0 Å². The first kappa shape index (κ1) is 15.7. The lowest BCUT2D eigenvalue weighted by Gasteiger charge is -2.05. The van der Waals surface area contributed by atoms with E-state index in [1.807, 2.05) is 24.3 Å². The highest BCUT2D eigenvalue weighted by atomic mass is 35.5. The van der Waals surface area contributed by atoms with Crippen molar-refractivity contribution in [1.29, 1.82) is 0 Å². The van der Waals surface area contributed by atoms with Crippen molar-refractivity contribution in [2.24, 2.45) is 0 Å². The van der Waals surface area contributed by atoms with E-state index in [0.29, 0.717) is 27.2 Å². The number of benzene rings is 2. The average Bonchev–Trinajstić information content (AvgIpc) is 2.41. The van der Waals surface area contributed by atoms with Gasteiger partial charge in [-0.1, -0.05) is 53.0 Å². The highest BCUT2D eigenvalue weighted by molar-refractivity contribution is 8.00. The smallest absolute Gasteiger partial charge is 0.147 e. The lowest BCUT2D eigenvalue weighted by atomic mass is 10.1. The van der Waals surface area contributed by atoms with Crippen molar-refractivity contribution in [3.05, 3.63) is 63.1 Å². The van der Waals surface area contributed by atoms with Gasteiger partial charge < -0.3 is 0 Å². The Morgan fingerprint density at radius 2 is 1.75 bits per heavy atom. The van der Waals surface area contributed by atoms with Crippen LogP contribution in [-0.2, 0) is 11.2 Å². The molecule has 0 aliphatic heterocycles. The third kappa shape index (κ3) is 4.42. The SMILES string of the molecule is O=C(CSc1ccccc1Cl)Cc1ccc(Cl)cc1Cl. The van der Waals surface area contributed by atoms with Crippen LogP contribution in [0.5, 0.6) is 0 Å². The molecule has 20 heavy (non-hydrogen) atoms. The van der Waals surface area contributed by atoms with Crippen LogP contribution in [0.25, 0.3) is 0 Å². The van der Waals surface area contributed by atoms with E-state index in [-0.39, 0.29) is 5.78 Å². The second-order valence-electron chi connectivity index (χ2n) is 4.17.